The lowest BCUT2D eigenvalue weighted by Crippen LogP contribution is -2.35. The fourth-order valence-corrected chi connectivity index (χ4v) is 3.30. The summed E-state index contributed by atoms with van der Waals surface area (Å²) in [5, 5.41) is 4.87. The van der Waals surface area contributed by atoms with Gasteiger partial charge in [-0.05, 0) is 36.2 Å². The van der Waals surface area contributed by atoms with Gasteiger partial charge in [-0.2, -0.15) is 0 Å². The molecule has 0 bridgehead atoms. The van der Waals surface area contributed by atoms with E-state index in [-0.39, 0.29) is 5.69 Å². The highest BCUT2D eigenvalue weighted by Gasteiger charge is 2.20. The molecule has 0 atom stereocenters. The van der Waals surface area contributed by atoms with Gasteiger partial charge in [0.25, 0.3) is 0 Å². The molecule has 2 amide bonds. The van der Waals surface area contributed by atoms with Gasteiger partial charge in [-0.15, -0.1) is 0 Å². The van der Waals surface area contributed by atoms with Gasteiger partial charge >= 0.3 is 0 Å². The molecule has 6 nitrogen and oxygen atoms in total. The molecule has 0 saturated heterocycles. The van der Waals surface area contributed by atoms with E-state index in [1.165, 1.54) is 12.1 Å². The largest absolute Gasteiger partial charge is 0.355 e. The third-order valence-corrected chi connectivity index (χ3v) is 4.81. The number of hydrogen-bond acceptors (Lipinski definition) is 4. The van der Waals surface area contributed by atoms with Crippen molar-refractivity contribution < 1.29 is 22.4 Å². The second kappa shape index (κ2) is 9.10. The zero-order valence-corrected chi connectivity index (χ0v) is 14.8. The number of rotatable bonds is 8. The Balaban J connectivity index is 1.76. The van der Waals surface area contributed by atoms with Crippen molar-refractivity contribution in [2.24, 2.45) is 0 Å². The quantitative estimate of drug-likeness (QED) is 0.729. The van der Waals surface area contributed by atoms with Crippen LogP contribution in [0.5, 0.6) is 0 Å². The molecular weight excluding hydrogens is 359 g/mol. The molecule has 0 radical (unpaired) electrons. The van der Waals surface area contributed by atoms with Crippen LogP contribution in [0.1, 0.15) is 5.56 Å². The molecule has 2 aromatic carbocycles. The molecule has 2 rings (SSSR count). The molecule has 0 aliphatic rings. The molecule has 0 spiro atoms. The lowest BCUT2D eigenvalue weighted by Gasteiger charge is -2.08. The van der Waals surface area contributed by atoms with Crippen molar-refractivity contribution in [3.05, 3.63) is 66.0 Å². The van der Waals surface area contributed by atoms with E-state index in [1.807, 2.05) is 30.3 Å². The number of anilines is 1. The maximum absolute atomic E-state index is 12.8. The zero-order valence-electron chi connectivity index (χ0n) is 13.9. The maximum Gasteiger partial charge on any atom is 0.239 e. The minimum atomic E-state index is -3.90. The molecule has 26 heavy (non-hydrogen) atoms. The maximum atomic E-state index is 12.8. The molecule has 0 heterocycles. The van der Waals surface area contributed by atoms with E-state index in [0.717, 1.165) is 17.7 Å². The fourth-order valence-electron chi connectivity index (χ4n) is 2.22. The number of carbonyl (C=O) groups excluding carboxylic acids is 2. The van der Waals surface area contributed by atoms with Gasteiger partial charge in [0.05, 0.1) is 0 Å². The first-order valence-electron chi connectivity index (χ1n) is 7.90. The average molecular weight is 378 g/mol. The van der Waals surface area contributed by atoms with Gasteiger partial charge in [-0.3, -0.25) is 9.59 Å². The Morgan fingerprint density at radius 3 is 2.15 bits per heavy atom. The fraction of sp³-hybridized carbons (Fsp3) is 0.222. The van der Waals surface area contributed by atoms with Crippen LogP contribution >= 0.6 is 0 Å². The van der Waals surface area contributed by atoms with Crippen molar-refractivity contribution in [1.29, 1.82) is 0 Å². The van der Waals surface area contributed by atoms with Crippen molar-refractivity contribution in [2.75, 3.05) is 23.4 Å². The molecule has 0 saturated carbocycles. The van der Waals surface area contributed by atoms with Crippen LogP contribution in [-0.2, 0) is 25.8 Å². The first kappa shape index (κ1) is 19.6. The number of carbonyl (C=O) groups is 2. The van der Waals surface area contributed by atoms with Gasteiger partial charge in [-0.1, -0.05) is 30.3 Å². The molecule has 0 aliphatic heterocycles. The van der Waals surface area contributed by atoms with E-state index in [4.69, 9.17) is 0 Å². The Morgan fingerprint density at radius 2 is 1.50 bits per heavy atom. The first-order valence-corrected chi connectivity index (χ1v) is 9.73. The third-order valence-electron chi connectivity index (χ3n) is 3.41. The van der Waals surface area contributed by atoms with Crippen LogP contribution in [-0.4, -0.2) is 38.3 Å². The molecule has 0 aliphatic carbocycles. The summed E-state index contributed by atoms with van der Waals surface area (Å²) in [6, 6.07) is 14.4. The topological polar surface area (TPSA) is 92.3 Å². The SMILES string of the molecule is O=C(CS(=O)(=O)CC(=O)Nc1ccc(F)cc1)NCCc1ccccc1. The number of benzene rings is 2. The van der Waals surface area contributed by atoms with Crippen molar-refractivity contribution >= 4 is 27.3 Å². The summed E-state index contributed by atoms with van der Waals surface area (Å²) in [5.74, 6) is -3.50. The smallest absolute Gasteiger partial charge is 0.239 e. The third kappa shape index (κ3) is 7.02. The number of nitrogens with one attached hydrogen (secondary N) is 2. The number of sulfone groups is 1. The van der Waals surface area contributed by atoms with Crippen molar-refractivity contribution in [3.63, 3.8) is 0 Å². The minimum Gasteiger partial charge on any atom is -0.355 e. The van der Waals surface area contributed by atoms with Crippen LogP contribution in [0.15, 0.2) is 54.6 Å². The van der Waals surface area contributed by atoms with Crippen LogP contribution in [0.25, 0.3) is 0 Å². The van der Waals surface area contributed by atoms with Crippen LogP contribution in [0, 0.1) is 5.82 Å². The second-order valence-corrected chi connectivity index (χ2v) is 7.74. The summed E-state index contributed by atoms with van der Waals surface area (Å²) >= 11 is 0. The van der Waals surface area contributed by atoms with Crippen molar-refractivity contribution in [2.45, 2.75) is 6.42 Å². The second-order valence-electron chi connectivity index (χ2n) is 5.67. The Bertz CT molecular complexity index is 853. The molecule has 138 valence electrons. The highest BCUT2D eigenvalue weighted by atomic mass is 32.2. The molecule has 0 aromatic heterocycles. The minimum absolute atomic E-state index is 0.277. The first-order chi connectivity index (χ1) is 12.3. The van der Waals surface area contributed by atoms with E-state index in [2.05, 4.69) is 10.6 Å². The lowest BCUT2D eigenvalue weighted by atomic mass is 10.1. The van der Waals surface area contributed by atoms with Crippen molar-refractivity contribution in [3.8, 4) is 0 Å². The highest BCUT2D eigenvalue weighted by Crippen LogP contribution is 2.08. The number of halogens is 1. The summed E-state index contributed by atoms with van der Waals surface area (Å²) in [7, 11) is -3.90. The Labute approximate surface area is 151 Å². The molecule has 0 fully saturated rings. The highest BCUT2D eigenvalue weighted by molar-refractivity contribution is 7.92. The van der Waals surface area contributed by atoms with Crippen LogP contribution in [0.4, 0.5) is 10.1 Å². The van der Waals surface area contributed by atoms with Gasteiger partial charge in [0, 0.05) is 12.2 Å². The van der Waals surface area contributed by atoms with Gasteiger partial charge in [0.2, 0.25) is 11.8 Å². The lowest BCUT2D eigenvalue weighted by molar-refractivity contribution is -0.118. The summed E-state index contributed by atoms with van der Waals surface area (Å²) in [6.07, 6.45) is 0.581. The average Bonchev–Trinajstić information content (AvgIpc) is 2.57. The normalized spacial score (nSPS) is 11.0. The van der Waals surface area contributed by atoms with Crippen LogP contribution < -0.4 is 10.6 Å². The van der Waals surface area contributed by atoms with Gasteiger partial charge < -0.3 is 10.6 Å². The van der Waals surface area contributed by atoms with Crippen LogP contribution in [0.2, 0.25) is 0 Å². The predicted molar refractivity (Wildman–Crippen MR) is 96.8 cm³/mol. The Morgan fingerprint density at radius 1 is 0.885 bits per heavy atom. The van der Waals surface area contributed by atoms with Gasteiger partial charge in [0.1, 0.15) is 17.3 Å². The van der Waals surface area contributed by atoms with Gasteiger partial charge in [-0.25, -0.2) is 12.8 Å². The summed E-state index contributed by atoms with van der Waals surface area (Å²) in [6.45, 7) is 0.306. The van der Waals surface area contributed by atoms with E-state index in [9.17, 15) is 22.4 Å². The Hall–Kier alpha value is -2.74. The summed E-state index contributed by atoms with van der Waals surface area (Å²) < 4.78 is 36.7. The van der Waals surface area contributed by atoms with E-state index in [0.29, 0.717) is 13.0 Å². The van der Waals surface area contributed by atoms with E-state index >= 15 is 0 Å². The number of amides is 2. The molecule has 2 aromatic rings. The molecular formula is C18H19FN2O4S. The Kier molecular flexibility index (Phi) is 6.85. The van der Waals surface area contributed by atoms with Crippen LogP contribution in [0.3, 0.4) is 0 Å². The van der Waals surface area contributed by atoms with E-state index in [1.54, 1.807) is 0 Å². The number of hydrogen-bond donors (Lipinski definition) is 2. The monoisotopic (exact) mass is 378 g/mol. The molecule has 2 N–H and O–H groups in total. The van der Waals surface area contributed by atoms with E-state index < -0.39 is 39.0 Å². The molecule has 8 heteroatoms. The summed E-state index contributed by atoms with van der Waals surface area (Å²) in [5.41, 5.74) is 1.30. The molecule has 0 unspecified atom stereocenters. The summed E-state index contributed by atoms with van der Waals surface area (Å²) in [4.78, 5) is 23.5. The van der Waals surface area contributed by atoms with Crippen molar-refractivity contribution in [1.82, 2.24) is 5.32 Å². The van der Waals surface area contributed by atoms with Gasteiger partial charge in [0.15, 0.2) is 9.84 Å². The predicted octanol–water partition coefficient (Wildman–Crippen LogP) is 1.54. The zero-order chi connectivity index (χ0) is 19.0. The standard InChI is InChI=1S/C18H19FN2O4S/c19-15-6-8-16(9-7-15)21-18(23)13-26(24,25)12-17(22)20-11-10-14-4-2-1-3-5-14/h1-9H,10-13H2,(H,20,22)(H,21,23).